The van der Waals surface area contributed by atoms with Gasteiger partial charge < -0.3 is 10.1 Å². The van der Waals surface area contributed by atoms with Crippen LogP contribution in [0.1, 0.15) is 54.9 Å². The van der Waals surface area contributed by atoms with Gasteiger partial charge in [0.15, 0.2) is 0 Å². The highest BCUT2D eigenvalue weighted by Gasteiger charge is 2.19. The predicted octanol–water partition coefficient (Wildman–Crippen LogP) is 3.22. The van der Waals surface area contributed by atoms with E-state index >= 15 is 0 Å². The van der Waals surface area contributed by atoms with E-state index in [1.807, 2.05) is 0 Å². The first-order valence-electron chi connectivity index (χ1n) is 5.99. The molecule has 0 bridgehead atoms. The Bertz CT molecular complexity index is 168. The van der Waals surface area contributed by atoms with E-state index in [1.54, 1.807) is 0 Å². The van der Waals surface area contributed by atoms with Gasteiger partial charge in [0.05, 0.1) is 12.7 Å². The molecule has 0 aliphatic heterocycles. The summed E-state index contributed by atoms with van der Waals surface area (Å²) in [6.45, 7) is 17.2. The molecule has 0 heterocycles. The van der Waals surface area contributed by atoms with Gasteiger partial charge in [-0.25, -0.2) is 0 Å². The highest BCUT2D eigenvalue weighted by molar-refractivity contribution is 4.74. The molecule has 0 atom stereocenters. The van der Waals surface area contributed by atoms with Crippen molar-refractivity contribution in [1.29, 1.82) is 0 Å². The summed E-state index contributed by atoms with van der Waals surface area (Å²) in [7, 11) is 0. The van der Waals surface area contributed by atoms with Crippen LogP contribution in [-0.2, 0) is 4.74 Å². The second-order valence-electron chi connectivity index (χ2n) is 6.45. The van der Waals surface area contributed by atoms with Crippen LogP contribution in [0.15, 0.2) is 0 Å². The zero-order valence-corrected chi connectivity index (χ0v) is 11.6. The monoisotopic (exact) mass is 215 g/mol. The average Bonchev–Trinajstić information content (AvgIpc) is 1.98. The molecule has 0 aromatic rings. The second kappa shape index (κ2) is 5.86. The van der Waals surface area contributed by atoms with Gasteiger partial charge in [0, 0.05) is 5.54 Å². The zero-order chi connectivity index (χ0) is 12.1. The molecule has 0 aromatic carbocycles. The van der Waals surface area contributed by atoms with Crippen LogP contribution < -0.4 is 5.32 Å². The average molecular weight is 215 g/mol. The number of hydrogen-bond acceptors (Lipinski definition) is 2. The summed E-state index contributed by atoms with van der Waals surface area (Å²) in [5, 5.41) is 3.51. The van der Waals surface area contributed by atoms with Crippen molar-refractivity contribution in [3.05, 3.63) is 0 Å². The van der Waals surface area contributed by atoms with Crippen LogP contribution in [-0.4, -0.2) is 24.8 Å². The molecule has 0 fully saturated rings. The molecule has 0 spiro atoms. The van der Waals surface area contributed by atoms with Crippen LogP contribution in [0.4, 0.5) is 0 Å². The third-order valence-corrected chi connectivity index (χ3v) is 2.26. The lowest BCUT2D eigenvalue weighted by atomic mass is 9.90. The molecule has 0 saturated heterocycles. The maximum atomic E-state index is 5.66. The molecule has 0 saturated carbocycles. The SMILES string of the molecule is CC(C)OCC(C)(C)CCNC(C)(C)C. The van der Waals surface area contributed by atoms with Gasteiger partial charge in [0.25, 0.3) is 0 Å². The highest BCUT2D eigenvalue weighted by atomic mass is 16.5. The number of nitrogens with one attached hydrogen (secondary N) is 1. The fraction of sp³-hybridized carbons (Fsp3) is 1.00. The molecular weight excluding hydrogens is 186 g/mol. The third kappa shape index (κ3) is 10.2. The Kier molecular flexibility index (Phi) is 5.82. The number of rotatable bonds is 6. The van der Waals surface area contributed by atoms with Gasteiger partial charge in [-0.2, -0.15) is 0 Å². The molecule has 2 heteroatoms. The van der Waals surface area contributed by atoms with Crippen molar-refractivity contribution in [3.63, 3.8) is 0 Å². The van der Waals surface area contributed by atoms with Crippen LogP contribution >= 0.6 is 0 Å². The Morgan fingerprint density at radius 3 is 2.00 bits per heavy atom. The first-order chi connectivity index (χ1) is 6.62. The molecule has 92 valence electrons. The van der Waals surface area contributed by atoms with Gasteiger partial charge in [-0.15, -0.1) is 0 Å². The quantitative estimate of drug-likeness (QED) is 0.734. The van der Waals surface area contributed by atoms with Gasteiger partial charge in [-0.05, 0) is 53.0 Å². The van der Waals surface area contributed by atoms with Crippen LogP contribution in [0, 0.1) is 5.41 Å². The van der Waals surface area contributed by atoms with E-state index in [0.717, 1.165) is 19.6 Å². The summed E-state index contributed by atoms with van der Waals surface area (Å²) in [5.74, 6) is 0. The van der Waals surface area contributed by atoms with Gasteiger partial charge in [0.1, 0.15) is 0 Å². The fourth-order valence-corrected chi connectivity index (χ4v) is 1.24. The smallest absolute Gasteiger partial charge is 0.0521 e. The Hall–Kier alpha value is -0.0800. The first kappa shape index (κ1) is 14.9. The maximum Gasteiger partial charge on any atom is 0.0521 e. The standard InChI is InChI=1S/C13H29NO/c1-11(2)15-10-13(6,7)8-9-14-12(3,4)5/h11,14H,8-10H2,1-7H3. The van der Waals surface area contributed by atoms with Crippen molar-refractivity contribution in [3.8, 4) is 0 Å². The number of hydrogen-bond donors (Lipinski definition) is 1. The second-order valence-corrected chi connectivity index (χ2v) is 6.45. The van der Waals surface area contributed by atoms with E-state index in [2.05, 4.69) is 53.8 Å². The molecule has 0 aliphatic carbocycles. The molecule has 0 aromatic heterocycles. The van der Waals surface area contributed by atoms with E-state index in [-0.39, 0.29) is 11.0 Å². The van der Waals surface area contributed by atoms with E-state index in [1.165, 1.54) is 0 Å². The molecule has 0 amide bonds. The summed E-state index contributed by atoms with van der Waals surface area (Å²) >= 11 is 0. The van der Waals surface area contributed by atoms with Crippen molar-refractivity contribution in [2.45, 2.75) is 66.5 Å². The predicted molar refractivity (Wildman–Crippen MR) is 67.2 cm³/mol. The summed E-state index contributed by atoms with van der Waals surface area (Å²) in [4.78, 5) is 0. The first-order valence-corrected chi connectivity index (χ1v) is 5.99. The molecule has 1 N–H and O–H groups in total. The van der Waals surface area contributed by atoms with Gasteiger partial charge >= 0.3 is 0 Å². The zero-order valence-electron chi connectivity index (χ0n) is 11.6. The topological polar surface area (TPSA) is 21.3 Å². The third-order valence-electron chi connectivity index (χ3n) is 2.26. The normalized spacial score (nSPS) is 13.6. The molecule has 0 rings (SSSR count). The summed E-state index contributed by atoms with van der Waals surface area (Å²) in [6, 6.07) is 0. The molecule has 0 unspecified atom stereocenters. The minimum Gasteiger partial charge on any atom is -0.378 e. The van der Waals surface area contributed by atoms with Gasteiger partial charge in [-0.1, -0.05) is 13.8 Å². The minimum atomic E-state index is 0.217. The Morgan fingerprint density at radius 2 is 1.60 bits per heavy atom. The van der Waals surface area contributed by atoms with Gasteiger partial charge in [-0.3, -0.25) is 0 Å². The van der Waals surface area contributed by atoms with E-state index in [4.69, 9.17) is 4.74 Å². The Morgan fingerprint density at radius 1 is 1.07 bits per heavy atom. The van der Waals surface area contributed by atoms with Crippen molar-refractivity contribution in [1.82, 2.24) is 5.32 Å². The van der Waals surface area contributed by atoms with Crippen LogP contribution in [0.3, 0.4) is 0 Å². The lowest BCUT2D eigenvalue weighted by Crippen LogP contribution is -2.38. The minimum absolute atomic E-state index is 0.217. The summed E-state index contributed by atoms with van der Waals surface area (Å²) < 4.78 is 5.66. The molecule has 0 radical (unpaired) electrons. The van der Waals surface area contributed by atoms with E-state index in [9.17, 15) is 0 Å². The van der Waals surface area contributed by atoms with Crippen LogP contribution in [0.2, 0.25) is 0 Å². The fourth-order valence-electron chi connectivity index (χ4n) is 1.24. The molecule has 2 nitrogen and oxygen atoms in total. The Labute approximate surface area is 95.8 Å². The lowest BCUT2D eigenvalue weighted by Gasteiger charge is -2.28. The molecule has 0 aliphatic rings. The molecule has 15 heavy (non-hydrogen) atoms. The highest BCUT2D eigenvalue weighted by Crippen LogP contribution is 2.21. The van der Waals surface area contributed by atoms with E-state index in [0.29, 0.717) is 6.10 Å². The van der Waals surface area contributed by atoms with Crippen LogP contribution in [0.25, 0.3) is 0 Å². The molecular formula is C13H29NO. The van der Waals surface area contributed by atoms with Crippen molar-refractivity contribution in [2.75, 3.05) is 13.2 Å². The van der Waals surface area contributed by atoms with Crippen molar-refractivity contribution < 1.29 is 4.74 Å². The van der Waals surface area contributed by atoms with Crippen molar-refractivity contribution in [2.24, 2.45) is 5.41 Å². The summed E-state index contributed by atoms with van der Waals surface area (Å²) in [5.41, 5.74) is 0.484. The van der Waals surface area contributed by atoms with Crippen LogP contribution in [0.5, 0.6) is 0 Å². The van der Waals surface area contributed by atoms with Crippen molar-refractivity contribution >= 4 is 0 Å². The summed E-state index contributed by atoms with van der Waals surface area (Å²) in [6.07, 6.45) is 1.48. The number of ether oxygens (including phenoxy) is 1. The van der Waals surface area contributed by atoms with Gasteiger partial charge in [0.2, 0.25) is 0 Å². The van der Waals surface area contributed by atoms with E-state index < -0.39 is 0 Å². The lowest BCUT2D eigenvalue weighted by molar-refractivity contribution is 0.0178. The largest absolute Gasteiger partial charge is 0.378 e. The maximum absolute atomic E-state index is 5.66. The Balaban J connectivity index is 3.74.